The quantitative estimate of drug-likeness (QED) is 0.876. The Labute approximate surface area is 124 Å². The number of carbonyl (C=O) groups excluding carboxylic acids is 1. The summed E-state index contributed by atoms with van der Waals surface area (Å²) in [5.74, 6) is 1.17. The van der Waals surface area contributed by atoms with Crippen LogP contribution in [0.4, 0.5) is 5.69 Å². The lowest BCUT2D eigenvalue weighted by atomic mass is 10.1. The van der Waals surface area contributed by atoms with E-state index in [1.54, 1.807) is 0 Å². The maximum absolute atomic E-state index is 12.4. The molecule has 2 aliphatic rings. The summed E-state index contributed by atoms with van der Waals surface area (Å²) in [5.41, 5.74) is 6.45. The molecule has 1 saturated heterocycles. The second kappa shape index (κ2) is 5.60. The van der Waals surface area contributed by atoms with E-state index in [-0.39, 0.29) is 29.7 Å². The summed E-state index contributed by atoms with van der Waals surface area (Å²) in [6.07, 6.45) is 4.92. The number of ether oxygens (including phenoxy) is 1. The van der Waals surface area contributed by atoms with Crippen LogP contribution in [0.1, 0.15) is 55.3 Å². The zero-order valence-electron chi connectivity index (χ0n) is 12.5. The van der Waals surface area contributed by atoms with Gasteiger partial charge in [0, 0.05) is 12.5 Å². The molecule has 0 bridgehead atoms. The van der Waals surface area contributed by atoms with Gasteiger partial charge in [0.25, 0.3) is 5.91 Å². The first-order chi connectivity index (χ1) is 10.1. The van der Waals surface area contributed by atoms with Gasteiger partial charge < -0.3 is 15.8 Å². The van der Waals surface area contributed by atoms with Crippen molar-refractivity contribution in [2.24, 2.45) is 5.92 Å². The summed E-state index contributed by atoms with van der Waals surface area (Å²) in [6.45, 7) is 4.69. The van der Waals surface area contributed by atoms with Crippen molar-refractivity contribution in [1.29, 1.82) is 0 Å². The highest BCUT2D eigenvalue weighted by Gasteiger charge is 2.41. The zero-order valence-corrected chi connectivity index (χ0v) is 12.5. The van der Waals surface area contributed by atoms with Gasteiger partial charge in [-0.15, -0.1) is 0 Å². The van der Waals surface area contributed by atoms with E-state index in [1.165, 1.54) is 19.0 Å². The van der Waals surface area contributed by atoms with Crippen molar-refractivity contribution in [2.45, 2.75) is 51.2 Å². The number of nitrogen functional groups attached to an aromatic ring is 1. The lowest BCUT2D eigenvalue weighted by Gasteiger charge is -2.19. The van der Waals surface area contributed by atoms with E-state index in [9.17, 15) is 4.79 Å². The molecule has 2 fully saturated rings. The van der Waals surface area contributed by atoms with Crippen LogP contribution in [0.2, 0.25) is 0 Å². The van der Waals surface area contributed by atoms with Crippen molar-refractivity contribution < 1.29 is 9.53 Å². The molecule has 1 aliphatic carbocycles. The number of anilines is 1. The first-order valence-corrected chi connectivity index (χ1v) is 7.61. The van der Waals surface area contributed by atoms with Gasteiger partial charge in [0.15, 0.2) is 5.69 Å². The normalized spacial score (nSPS) is 25.3. The van der Waals surface area contributed by atoms with Crippen LogP contribution < -0.4 is 11.1 Å². The molecule has 1 aromatic heterocycles. The van der Waals surface area contributed by atoms with Gasteiger partial charge in [-0.2, -0.15) is 0 Å². The molecule has 1 aromatic rings. The van der Waals surface area contributed by atoms with E-state index in [4.69, 9.17) is 10.5 Å². The van der Waals surface area contributed by atoms with E-state index < -0.39 is 0 Å². The highest BCUT2D eigenvalue weighted by Crippen LogP contribution is 2.38. The molecule has 0 spiro atoms. The van der Waals surface area contributed by atoms with Crippen molar-refractivity contribution in [3.05, 3.63) is 17.7 Å². The topological polar surface area (TPSA) is 90.1 Å². The molecule has 3 N–H and O–H groups in total. The third kappa shape index (κ3) is 3.00. The Hall–Kier alpha value is -1.69. The summed E-state index contributed by atoms with van der Waals surface area (Å²) >= 11 is 0. The number of rotatable bonds is 4. The summed E-state index contributed by atoms with van der Waals surface area (Å²) in [6, 6.07) is 0.0712. The van der Waals surface area contributed by atoms with Gasteiger partial charge in [-0.05, 0) is 25.2 Å². The van der Waals surface area contributed by atoms with Gasteiger partial charge in [0.1, 0.15) is 5.82 Å². The minimum absolute atomic E-state index is 0.0712. The van der Waals surface area contributed by atoms with Gasteiger partial charge in [-0.3, -0.25) is 4.79 Å². The monoisotopic (exact) mass is 290 g/mol. The number of hydrogen-bond acceptors (Lipinski definition) is 5. The van der Waals surface area contributed by atoms with E-state index in [0.717, 1.165) is 6.42 Å². The Balaban J connectivity index is 1.74. The van der Waals surface area contributed by atoms with Crippen LogP contribution in [0.15, 0.2) is 6.20 Å². The molecule has 6 nitrogen and oxygen atoms in total. The van der Waals surface area contributed by atoms with E-state index >= 15 is 0 Å². The van der Waals surface area contributed by atoms with Crippen LogP contribution in [-0.4, -0.2) is 34.6 Å². The molecule has 2 heterocycles. The smallest absolute Gasteiger partial charge is 0.272 e. The highest BCUT2D eigenvalue weighted by atomic mass is 16.5. The summed E-state index contributed by atoms with van der Waals surface area (Å²) in [7, 11) is 0. The van der Waals surface area contributed by atoms with Crippen molar-refractivity contribution in [3.63, 3.8) is 0 Å². The fourth-order valence-corrected chi connectivity index (χ4v) is 2.76. The number of hydrogen-bond donors (Lipinski definition) is 2. The molecule has 2 unspecified atom stereocenters. The molecular weight excluding hydrogens is 268 g/mol. The molecule has 6 heteroatoms. The molecule has 1 aliphatic heterocycles. The van der Waals surface area contributed by atoms with Crippen LogP contribution >= 0.6 is 0 Å². The van der Waals surface area contributed by atoms with Gasteiger partial charge >= 0.3 is 0 Å². The van der Waals surface area contributed by atoms with Crippen molar-refractivity contribution in [3.8, 4) is 0 Å². The first kappa shape index (κ1) is 14.3. The van der Waals surface area contributed by atoms with E-state index in [1.807, 2.05) is 13.8 Å². The molecule has 0 radical (unpaired) electrons. The molecule has 114 valence electrons. The number of amides is 1. The minimum atomic E-state index is -0.224. The largest absolute Gasteiger partial charge is 0.396 e. The molecule has 2 atom stereocenters. The van der Waals surface area contributed by atoms with Crippen LogP contribution in [0, 0.1) is 5.92 Å². The van der Waals surface area contributed by atoms with Crippen LogP contribution in [0.3, 0.4) is 0 Å². The Bertz CT molecular complexity index is 542. The van der Waals surface area contributed by atoms with E-state index in [2.05, 4.69) is 15.3 Å². The SMILES string of the molecule is CC(C)c1ncc(N)c(C(=O)NC2CCOC2C2CC2)n1. The average Bonchev–Trinajstić information content (AvgIpc) is 3.19. The van der Waals surface area contributed by atoms with Crippen molar-refractivity contribution in [1.82, 2.24) is 15.3 Å². The van der Waals surface area contributed by atoms with Gasteiger partial charge in [0.2, 0.25) is 0 Å². The maximum atomic E-state index is 12.4. The van der Waals surface area contributed by atoms with Crippen LogP contribution in [0.5, 0.6) is 0 Å². The summed E-state index contributed by atoms with van der Waals surface area (Å²) in [5, 5.41) is 3.04. The molecule has 3 rings (SSSR count). The lowest BCUT2D eigenvalue weighted by molar-refractivity contribution is 0.0727. The summed E-state index contributed by atoms with van der Waals surface area (Å²) in [4.78, 5) is 20.9. The first-order valence-electron chi connectivity index (χ1n) is 7.61. The highest BCUT2D eigenvalue weighted by molar-refractivity contribution is 5.97. The van der Waals surface area contributed by atoms with Crippen LogP contribution in [0.25, 0.3) is 0 Å². The standard InChI is InChI=1S/C15H22N4O2/c1-8(2)14-17-7-10(16)12(19-14)15(20)18-11-5-6-21-13(11)9-3-4-9/h7-9,11,13H,3-6,16H2,1-2H3,(H,18,20). The maximum Gasteiger partial charge on any atom is 0.272 e. The Kier molecular flexibility index (Phi) is 3.80. The second-order valence-electron chi connectivity index (χ2n) is 6.23. The number of aromatic nitrogens is 2. The fourth-order valence-electron chi connectivity index (χ4n) is 2.76. The second-order valence-corrected chi connectivity index (χ2v) is 6.23. The minimum Gasteiger partial charge on any atom is -0.396 e. The molecule has 1 amide bonds. The zero-order chi connectivity index (χ0) is 15.0. The molecular formula is C15H22N4O2. The fraction of sp³-hybridized carbons (Fsp3) is 0.667. The lowest BCUT2D eigenvalue weighted by Crippen LogP contribution is -2.42. The number of nitrogens with one attached hydrogen (secondary N) is 1. The predicted octanol–water partition coefficient (Wildman–Crippen LogP) is 1.48. The number of nitrogens with zero attached hydrogens (tertiary/aromatic N) is 2. The molecule has 1 saturated carbocycles. The Morgan fingerprint density at radius 1 is 1.43 bits per heavy atom. The van der Waals surface area contributed by atoms with Crippen molar-refractivity contribution >= 4 is 11.6 Å². The molecule has 0 aromatic carbocycles. The van der Waals surface area contributed by atoms with Gasteiger partial charge in [0.05, 0.1) is 24.0 Å². The average molecular weight is 290 g/mol. The Morgan fingerprint density at radius 2 is 2.19 bits per heavy atom. The predicted molar refractivity (Wildman–Crippen MR) is 78.9 cm³/mol. The van der Waals surface area contributed by atoms with E-state index in [0.29, 0.717) is 24.0 Å². The molecule has 21 heavy (non-hydrogen) atoms. The van der Waals surface area contributed by atoms with Gasteiger partial charge in [-0.1, -0.05) is 13.8 Å². The van der Waals surface area contributed by atoms with Gasteiger partial charge in [-0.25, -0.2) is 9.97 Å². The number of carbonyl (C=O) groups is 1. The van der Waals surface area contributed by atoms with Crippen molar-refractivity contribution in [2.75, 3.05) is 12.3 Å². The third-order valence-electron chi connectivity index (χ3n) is 4.11. The van der Waals surface area contributed by atoms with Crippen LogP contribution in [-0.2, 0) is 4.74 Å². The number of nitrogens with two attached hydrogens (primary N) is 1. The third-order valence-corrected chi connectivity index (χ3v) is 4.11. The Morgan fingerprint density at radius 3 is 2.86 bits per heavy atom. The summed E-state index contributed by atoms with van der Waals surface area (Å²) < 4.78 is 5.74.